The molecule has 2 aliphatic rings. The first kappa shape index (κ1) is 26.9. The molecule has 4 heterocycles. The number of hydrogen-bond acceptors (Lipinski definition) is 10. The molecule has 0 saturated heterocycles. The van der Waals surface area contributed by atoms with Gasteiger partial charge in [0.15, 0.2) is 29.1 Å². The molecule has 4 aromatic carbocycles. The van der Waals surface area contributed by atoms with Gasteiger partial charge < -0.3 is 4.42 Å². The van der Waals surface area contributed by atoms with Crippen LogP contribution in [0.5, 0.6) is 0 Å². The molecule has 0 atom stereocenters. The molecule has 0 radical (unpaired) electrons. The average molecular weight is 604 g/mol. The van der Waals surface area contributed by atoms with Gasteiger partial charge in [-0.05, 0) is 54.6 Å². The molecule has 0 unspecified atom stereocenters. The number of allylic oxidation sites excluding steroid dienone is 2. The first-order valence-corrected chi connectivity index (χ1v) is 13.9. The van der Waals surface area contributed by atoms with E-state index in [2.05, 4.69) is 29.7 Å². The Hall–Kier alpha value is -7.67. The molecule has 214 valence electrons. The van der Waals surface area contributed by atoms with Crippen LogP contribution in [-0.2, 0) is 0 Å². The van der Waals surface area contributed by atoms with E-state index in [0.717, 1.165) is 16.4 Å². The zero-order valence-electron chi connectivity index (χ0n) is 23.8. The normalized spacial score (nSPS) is 14.6. The van der Waals surface area contributed by atoms with Gasteiger partial charge in [-0.3, -0.25) is 0 Å². The Balaban J connectivity index is 1.32. The molecule has 0 aliphatic carbocycles. The van der Waals surface area contributed by atoms with Crippen LogP contribution in [0, 0.1) is 35.8 Å². The highest BCUT2D eigenvalue weighted by Crippen LogP contribution is 2.32. The third-order valence-electron chi connectivity index (χ3n) is 7.50. The van der Waals surface area contributed by atoms with Gasteiger partial charge in [0, 0.05) is 27.5 Å². The first-order valence-electron chi connectivity index (χ1n) is 13.9. The van der Waals surface area contributed by atoms with E-state index >= 15 is 0 Å². The van der Waals surface area contributed by atoms with Gasteiger partial charge in [-0.15, -0.1) is 0 Å². The lowest BCUT2D eigenvalue weighted by Crippen LogP contribution is -2.21. The van der Waals surface area contributed by atoms with Crippen molar-refractivity contribution < 1.29 is 4.42 Å². The summed E-state index contributed by atoms with van der Waals surface area (Å²) in [6, 6.07) is 27.8. The maximum Gasteiger partial charge on any atom is 0.305 e. The van der Waals surface area contributed by atoms with Gasteiger partial charge in [0.1, 0.15) is 11.2 Å². The van der Waals surface area contributed by atoms with Crippen LogP contribution in [-0.4, -0.2) is 15.0 Å². The minimum atomic E-state index is -0.196. The predicted octanol–water partition coefficient (Wildman–Crippen LogP) is 4.50. The number of benzene rings is 4. The average Bonchev–Trinajstić information content (AvgIpc) is 3.83. The molecule has 6 aromatic rings. The number of nitriles is 2. The van der Waals surface area contributed by atoms with Crippen LogP contribution in [0.4, 0.5) is 0 Å². The Labute approximate surface area is 264 Å². The van der Waals surface area contributed by atoms with Crippen LogP contribution in [0.25, 0.3) is 65.8 Å². The fourth-order valence-electron chi connectivity index (χ4n) is 5.29. The summed E-state index contributed by atoms with van der Waals surface area (Å²) in [6.45, 7) is 14.5. The van der Waals surface area contributed by atoms with E-state index < -0.39 is 0 Å². The van der Waals surface area contributed by atoms with Gasteiger partial charge in [0.2, 0.25) is 0 Å². The van der Waals surface area contributed by atoms with Crippen molar-refractivity contribution in [2.24, 2.45) is 20.0 Å². The van der Waals surface area contributed by atoms with Gasteiger partial charge in [0.25, 0.3) is 0 Å². The SMILES string of the molecule is [C-]#[N+]/C(C#N)=C1/N=c2ccc(-c3nc(-c4ccc5c(c4)=N/C(=C(\C#N)[N+]#[C-])N=5)nc(-c4ccc5c(c4)oc4ccccc45)n3)cc2=N1. The van der Waals surface area contributed by atoms with Crippen LogP contribution in [0.1, 0.15) is 0 Å². The van der Waals surface area contributed by atoms with E-state index in [9.17, 15) is 10.5 Å². The molecule has 12 heteroatoms. The molecular formula is C35H13N11O. The van der Waals surface area contributed by atoms with Crippen molar-refractivity contribution in [3.8, 4) is 46.3 Å². The van der Waals surface area contributed by atoms with Crippen LogP contribution in [0.2, 0.25) is 0 Å². The van der Waals surface area contributed by atoms with E-state index in [0.29, 0.717) is 61.2 Å². The highest BCUT2D eigenvalue weighted by molar-refractivity contribution is 6.05. The maximum atomic E-state index is 9.29. The third kappa shape index (κ3) is 4.47. The predicted molar refractivity (Wildman–Crippen MR) is 167 cm³/mol. The van der Waals surface area contributed by atoms with Crippen molar-refractivity contribution in [1.29, 1.82) is 10.5 Å². The van der Waals surface area contributed by atoms with Gasteiger partial charge in [0.05, 0.1) is 46.7 Å². The Morgan fingerprint density at radius 2 is 1.02 bits per heavy atom. The Bertz CT molecular complexity index is 2740. The summed E-state index contributed by atoms with van der Waals surface area (Å²) >= 11 is 0. The summed E-state index contributed by atoms with van der Waals surface area (Å²) in [7, 11) is 0. The smallest absolute Gasteiger partial charge is 0.305 e. The van der Waals surface area contributed by atoms with Crippen molar-refractivity contribution in [2.75, 3.05) is 0 Å². The Kier molecular flexibility index (Phi) is 6.01. The quantitative estimate of drug-likeness (QED) is 0.214. The second-order valence-electron chi connectivity index (χ2n) is 10.3. The standard InChI is InChI=1S/C35H13N11O/c1-38-27(16-36)34-40-23-11-8-18(13-25(23)42-34)31-44-32(19-9-12-24-26(14-19)43-35(41-24)28(17-37)39-2)46-33(45-31)20-7-10-22-21-5-3-4-6-29(21)47-30(22)15-20/h3-15H/b34-27-,35-28+. The molecule has 2 aliphatic heterocycles. The van der Waals surface area contributed by atoms with Crippen molar-refractivity contribution in [3.05, 3.63) is 146 Å². The number of furan rings is 1. The minimum Gasteiger partial charge on any atom is -0.456 e. The third-order valence-corrected chi connectivity index (χ3v) is 7.50. The Morgan fingerprint density at radius 3 is 1.55 bits per heavy atom. The number of rotatable bonds is 3. The molecule has 47 heavy (non-hydrogen) atoms. The van der Waals surface area contributed by atoms with Crippen molar-refractivity contribution in [1.82, 2.24) is 15.0 Å². The molecule has 0 amide bonds. The monoisotopic (exact) mass is 603 g/mol. The van der Waals surface area contributed by atoms with Crippen molar-refractivity contribution in [3.63, 3.8) is 0 Å². The fraction of sp³-hybridized carbons (Fsp3) is 0. The molecule has 0 spiro atoms. The highest BCUT2D eigenvalue weighted by Gasteiger charge is 2.17. The van der Waals surface area contributed by atoms with Gasteiger partial charge in [-0.2, -0.15) is 0 Å². The zero-order valence-corrected chi connectivity index (χ0v) is 23.8. The summed E-state index contributed by atoms with van der Waals surface area (Å²) in [5.41, 5.74) is 2.99. The number of fused-ring (bicyclic) bond motifs is 5. The van der Waals surface area contributed by atoms with E-state index in [1.165, 1.54) is 0 Å². The molecule has 2 aromatic heterocycles. The number of para-hydroxylation sites is 1. The van der Waals surface area contributed by atoms with Crippen LogP contribution < -0.4 is 21.4 Å². The summed E-state index contributed by atoms with van der Waals surface area (Å²) in [5.74, 6) is 1.20. The summed E-state index contributed by atoms with van der Waals surface area (Å²) in [5, 5.41) is 22.5. The fourth-order valence-corrected chi connectivity index (χ4v) is 5.29. The summed E-state index contributed by atoms with van der Waals surface area (Å²) < 4.78 is 6.13. The van der Waals surface area contributed by atoms with E-state index in [-0.39, 0.29) is 23.0 Å². The van der Waals surface area contributed by atoms with Gasteiger partial charge in [-0.1, -0.05) is 24.3 Å². The largest absolute Gasteiger partial charge is 0.456 e. The molecule has 8 rings (SSSR count). The minimum absolute atomic E-state index is 0.0595. The summed E-state index contributed by atoms with van der Waals surface area (Å²) in [4.78, 5) is 38.3. The second kappa shape index (κ2) is 10.5. The highest BCUT2D eigenvalue weighted by atomic mass is 16.3. The number of hydrogen-bond donors (Lipinski definition) is 0. The van der Waals surface area contributed by atoms with Gasteiger partial charge in [-0.25, -0.2) is 55.1 Å². The van der Waals surface area contributed by atoms with E-state index in [1.54, 1.807) is 36.4 Å². The first-order chi connectivity index (χ1) is 23.0. The molecule has 0 saturated carbocycles. The molecule has 12 nitrogen and oxygen atoms in total. The summed E-state index contributed by atoms with van der Waals surface area (Å²) in [6.07, 6.45) is 0. The lowest BCUT2D eigenvalue weighted by molar-refractivity contribution is 0.669. The number of nitrogens with zero attached hydrogens (tertiary/aromatic N) is 11. The van der Waals surface area contributed by atoms with Gasteiger partial charge >= 0.3 is 11.4 Å². The van der Waals surface area contributed by atoms with Crippen molar-refractivity contribution in [2.45, 2.75) is 0 Å². The Morgan fingerprint density at radius 1 is 0.553 bits per heavy atom. The lowest BCUT2D eigenvalue weighted by Gasteiger charge is -2.08. The maximum absolute atomic E-state index is 9.29. The molecule has 0 N–H and O–H groups in total. The van der Waals surface area contributed by atoms with Crippen LogP contribution in [0.3, 0.4) is 0 Å². The molecule has 0 fully saturated rings. The van der Waals surface area contributed by atoms with E-state index in [1.807, 2.05) is 54.6 Å². The van der Waals surface area contributed by atoms with Crippen LogP contribution in [0.15, 0.2) is 126 Å². The van der Waals surface area contributed by atoms with Crippen molar-refractivity contribution >= 4 is 21.9 Å². The lowest BCUT2D eigenvalue weighted by atomic mass is 10.1. The molecular weight excluding hydrogens is 590 g/mol. The topological polar surface area (TPSA) is 158 Å². The number of aromatic nitrogens is 3. The molecule has 0 bridgehead atoms. The second-order valence-corrected chi connectivity index (χ2v) is 10.3. The van der Waals surface area contributed by atoms with Crippen LogP contribution >= 0.6 is 0 Å². The zero-order chi connectivity index (χ0) is 32.1. The van der Waals surface area contributed by atoms with E-state index in [4.69, 9.17) is 32.5 Å².